The Bertz CT molecular complexity index is 1020. The molecule has 0 spiro atoms. The van der Waals surface area contributed by atoms with E-state index < -0.39 is 0 Å². The summed E-state index contributed by atoms with van der Waals surface area (Å²) < 4.78 is 7.96. The van der Waals surface area contributed by atoms with E-state index in [1.165, 1.54) is 22.1 Å². The Morgan fingerprint density at radius 1 is 1.21 bits per heavy atom. The fraction of sp³-hybridized carbons (Fsp3) is 0.391. The van der Waals surface area contributed by atoms with Gasteiger partial charge >= 0.3 is 0 Å². The Labute approximate surface area is 175 Å². The third-order valence-electron chi connectivity index (χ3n) is 6.15. The minimum Gasteiger partial charge on any atom is -0.467 e. The number of rotatable bonds is 5. The van der Waals surface area contributed by atoms with Gasteiger partial charge in [-0.05, 0) is 56.2 Å². The highest BCUT2D eigenvalue weighted by molar-refractivity contribution is 8.14. The molecule has 2 aliphatic rings. The summed E-state index contributed by atoms with van der Waals surface area (Å²) in [5.74, 6) is 2.09. The number of nitrogens with zero attached hydrogens (tertiary/aromatic N) is 4. The van der Waals surface area contributed by atoms with Crippen LogP contribution in [0.3, 0.4) is 0 Å². The van der Waals surface area contributed by atoms with Gasteiger partial charge in [0.15, 0.2) is 5.17 Å². The van der Waals surface area contributed by atoms with Crippen LogP contribution in [0.5, 0.6) is 0 Å². The van der Waals surface area contributed by atoms with Crippen molar-refractivity contribution >= 4 is 16.9 Å². The first-order valence-electron chi connectivity index (χ1n) is 10.3. The molecule has 1 fully saturated rings. The zero-order chi connectivity index (χ0) is 20.0. The van der Waals surface area contributed by atoms with Crippen LogP contribution in [0.1, 0.15) is 53.8 Å². The number of aryl methyl sites for hydroxylation is 1. The predicted octanol–water partition coefficient (Wildman–Crippen LogP) is 5.12. The second-order valence-corrected chi connectivity index (χ2v) is 8.82. The highest BCUT2D eigenvalue weighted by atomic mass is 32.2. The number of pyridine rings is 1. The number of fused-ring (bicyclic) bond motifs is 1. The van der Waals surface area contributed by atoms with Crippen LogP contribution < -0.4 is 0 Å². The Kier molecular flexibility index (Phi) is 4.74. The minimum atomic E-state index is 0.0330. The quantitative estimate of drug-likeness (QED) is 0.590. The first kappa shape index (κ1) is 18.6. The molecule has 0 unspecified atom stereocenters. The number of hydrogen-bond acceptors (Lipinski definition) is 5. The molecule has 3 aromatic heterocycles. The lowest BCUT2D eigenvalue weighted by atomic mass is 9.95. The normalized spacial score (nSPS) is 23.5. The number of aliphatic imine (C=N–C) groups is 1. The largest absolute Gasteiger partial charge is 0.467 e. The van der Waals surface area contributed by atoms with Crippen molar-refractivity contribution in [1.29, 1.82) is 0 Å². The lowest BCUT2D eigenvalue weighted by molar-refractivity contribution is 0.254. The summed E-state index contributed by atoms with van der Waals surface area (Å²) in [4.78, 5) is 12.4. The van der Waals surface area contributed by atoms with Crippen molar-refractivity contribution in [3.8, 4) is 0 Å². The molecule has 6 heteroatoms. The van der Waals surface area contributed by atoms with Gasteiger partial charge in [0.1, 0.15) is 11.8 Å². The van der Waals surface area contributed by atoms with Crippen molar-refractivity contribution in [1.82, 2.24) is 14.5 Å². The van der Waals surface area contributed by atoms with E-state index in [0.29, 0.717) is 6.04 Å². The van der Waals surface area contributed by atoms with E-state index in [0.717, 1.165) is 30.2 Å². The monoisotopic (exact) mass is 406 g/mol. The molecular formula is C23H26N4OS. The molecule has 0 aliphatic carbocycles. The molecule has 29 heavy (non-hydrogen) atoms. The van der Waals surface area contributed by atoms with Crippen molar-refractivity contribution in [2.75, 3.05) is 5.75 Å². The molecule has 3 aromatic rings. The fourth-order valence-corrected chi connectivity index (χ4v) is 5.95. The van der Waals surface area contributed by atoms with Gasteiger partial charge in [-0.1, -0.05) is 24.8 Å². The van der Waals surface area contributed by atoms with Crippen LogP contribution in [0.25, 0.3) is 0 Å². The van der Waals surface area contributed by atoms with Crippen molar-refractivity contribution < 1.29 is 4.42 Å². The second kappa shape index (κ2) is 7.41. The third kappa shape index (κ3) is 3.10. The van der Waals surface area contributed by atoms with Gasteiger partial charge in [-0.3, -0.25) is 9.98 Å². The van der Waals surface area contributed by atoms with E-state index in [2.05, 4.69) is 53.4 Å². The zero-order valence-electron chi connectivity index (χ0n) is 17.1. The Morgan fingerprint density at radius 3 is 2.83 bits per heavy atom. The molecule has 5 rings (SSSR count). The first-order chi connectivity index (χ1) is 14.2. The Morgan fingerprint density at radius 2 is 2.10 bits per heavy atom. The van der Waals surface area contributed by atoms with Crippen LogP contribution in [0.15, 0.2) is 58.3 Å². The van der Waals surface area contributed by atoms with Gasteiger partial charge in [-0.25, -0.2) is 0 Å². The average molecular weight is 407 g/mol. The summed E-state index contributed by atoms with van der Waals surface area (Å²) in [5, 5.41) is 1.17. The van der Waals surface area contributed by atoms with Gasteiger partial charge in [0.05, 0.1) is 24.5 Å². The van der Waals surface area contributed by atoms with Crippen LogP contribution in [-0.2, 0) is 6.54 Å². The van der Waals surface area contributed by atoms with E-state index in [4.69, 9.17) is 9.41 Å². The van der Waals surface area contributed by atoms with Crippen LogP contribution >= 0.6 is 11.8 Å². The van der Waals surface area contributed by atoms with Crippen LogP contribution in [-0.4, -0.2) is 31.4 Å². The predicted molar refractivity (Wildman–Crippen MR) is 117 cm³/mol. The molecule has 0 radical (unpaired) electrons. The van der Waals surface area contributed by atoms with Gasteiger partial charge in [0.25, 0.3) is 0 Å². The molecule has 150 valence electrons. The summed E-state index contributed by atoms with van der Waals surface area (Å²) in [7, 11) is 0. The molecule has 0 aromatic carbocycles. The molecular weight excluding hydrogens is 380 g/mol. The number of aromatic nitrogens is 2. The first-order valence-corrected chi connectivity index (χ1v) is 11.2. The van der Waals surface area contributed by atoms with E-state index in [1.807, 2.05) is 36.2 Å². The summed E-state index contributed by atoms with van der Waals surface area (Å²) in [6, 6.07) is 13.2. The maximum absolute atomic E-state index is 5.61. The molecule has 5 heterocycles. The fourth-order valence-electron chi connectivity index (χ4n) is 4.62. The number of hydrogen-bond donors (Lipinski definition) is 0. The molecule has 0 N–H and O–H groups in total. The summed E-state index contributed by atoms with van der Waals surface area (Å²) in [6.45, 7) is 7.44. The van der Waals surface area contributed by atoms with Crippen molar-refractivity contribution in [2.45, 2.75) is 51.9 Å². The average Bonchev–Trinajstić information content (AvgIpc) is 3.50. The van der Waals surface area contributed by atoms with Gasteiger partial charge in [0, 0.05) is 29.4 Å². The maximum atomic E-state index is 5.61. The number of furan rings is 1. The van der Waals surface area contributed by atoms with Crippen LogP contribution in [0.4, 0.5) is 0 Å². The maximum Gasteiger partial charge on any atom is 0.160 e. The van der Waals surface area contributed by atoms with E-state index in [9.17, 15) is 0 Å². The van der Waals surface area contributed by atoms with Crippen molar-refractivity contribution in [2.24, 2.45) is 4.99 Å². The Hall–Kier alpha value is -2.47. The topological polar surface area (TPSA) is 46.6 Å². The van der Waals surface area contributed by atoms with E-state index in [1.54, 1.807) is 6.26 Å². The Balaban J connectivity index is 1.58. The standard InChI is InChI=1S/C23H26N4OS/c1-4-17-14-29-23-25-21(20-9-5-6-10-24-20)22(27(17)23)19-12-15(2)26(16(19)3)13-18-8-7-11-28-18/h5-12,17,21-22H,4,13-14H2,1-3H3/t17-,21-,22-/m1/s1. The van der Waals surface area contributed by atoms with E-state index in [-0.39, 0.29) is 12.1 Å². The molecule has 0 amide bonds. The molecule has 3 atom stereocenters. The van der Waals surface area contributed by atoms with Crippen molar-refractivity contribution in [3.05, 3.63) is 77.3 Å². The van der Waals surface area contributed by atoms with Crippen LogP contribution in [0, 0.1) is 13.8 Å². The summed E-state index contributed by atoms with van der Waals surface area (Å²) in [6.07, 6.45) is 4.75. The van der Waals surface area contributed by atoms with Crippen LogP contribution in [0.2, 0.25) is 0 Å². The van der Waals surface area contributed by atoms with Crippen molar-refractivity contribution in [3.63, 3.8) is 0 Å². The lowest BCUT2D eigenvalue weighted by Crippen LogP contribution is -2.35. The van der Waals surface area contributed by atoms with E-state index >= 15 is 0 Å². The highest BCUT2D eigenvalue weighted by Gasteiger charge is 2.46. The molecule has 0 saturated carbocycles. The number of thioether (sulfide) groups is 1. The number of amidine groups is 1. The third-order valence-corrected chi connectivity index (χ3v) is 7.28. The highest BCUT2D eigenvalue weighted by Crippen LogP contribution is 2.49. The van der Waals surface area contributed by atoms with Gasteiger partial charge in [-0.15, -0.1) is 0 Å². The lowest BCUT2D eigenvalue weighted by Gasteiger charge is -2.32. The zero-order valence-corrected chi connectivity index (χ0v) is 17.9. The second-order valence-electron chi connectivity index (χ2n) is 7.83. The molecule has 5 nitrogen and oxygen atoms in total. The minimum absolute atomic E-state index is 0.0330. The smallest absolute Gasteiger partial charge is 0.160 e. The van der Waals surface area contributed by atoms with Gasteiger partial charge < -0.3 is 13.9 Å². The molecule has 0 bridgehead atoms. The molecule has 1 saturated heterocycles. The van der Waals surface area contributed by atoms with Gasteiger partial charge in [0.2, 0.25) is 0 Å². The summed E-state index contributed by atoms with van der Waals surface area (Å²) in [5.41, 5.74) is 4.94. The molecule has 2 aliphatic heterocycles. The summed E-state index contributed by atoms with van der Waals surface area (Å²) >= 11 is 1.89. The SMILES string of the molecule is CC[C@@H]1CSC2=N[C@H](c3ccccn3)[C@@H](c3cc(C)n(Cc4ccco4)c3C)N21. The van der Waals surface area contributed by atoms with Gasteiger partial charge in [-0.2, -0.15) is 0 Å².